The molecule has 1 atom stereocenters. The highest BCUT2D eigenvalue weighted by atomic mass is 16.5. The van der Waals surface area contributed by atoms with Gasteiger partial charge in [0.25, 0.3) is 5.91 Å². The van der Waals surface area contributed by atoms with Crippen LogP contribution in [0.4, 0.5) is 0 Å². The number of hydrogen-bond donors (Lipinski definition) is 1. The average molecular weight is 366 g/mol. The number of carbonyl (C=O) groups is 1. The summed E-state index contributed by atoms with van der Waals surface area (Å²) in [6, 6.07) is 16.8. The molecule has 3 aromatic rings. The first kappa shape index (κ1) is 18.5. The Labute approximate surface area is 158 Å². The molecule has 6 heteroatoms. The maximum absolute atomic E-state index is 12.7. The zero-order chi connectivity index (χ0) is 19.2. The maximum atomic E-state index is 12.7. The quantitative estimate of drug-likeness (QED) is 0.682. The molecule has 3 rings (SSSR count). The number of ether oxygens (including phenoxy) is 2. The molecule has 140 valence electrons. The Morgan fingerprint density at radius 3 is 2.44 bits per heavy atom. The van der Waals surface area contributed by atoms with Crippen LogP contribution in [0.5, 0.6) is 11.5 Å². The molecular weight excluding hydrogens is 344 g/mol. The number of hydrogen-bond acceptors (Lipinski definition) is 5. The Hall–Kier alpha value is -3.28. The largest absolute Gasteiger partial charge is 0.497 e. The summed E-state index contributed by atoms with van der Waals surface area (Å²) >= 11 is 0. The van der Waals surface area contributed by atoms with Crippen molar-refractivity contribution in [3.63, 3.8) is 0 Å². The van der Waals surface area contributed by atoms with E-state index in [0.717, 1.165) is 11.3 Å². The molecule has 2 aromatic carbocycles. The van der Waals surface area contributed by atoms with Gasteiger partial charge in [0.1, 0.15) is 23.9 Å². The number of benzene rings is 2. The molecular formula is C21H22N2O4. The second-order valence-electron chi connectivity index (χ2n) is 6.14. The van der Waals surface area contributed by atoms with Gasteiger partial charge in [-0.3, -0.25) is 4.79 Å². The zero-order valence-electron chi connectivity index (χ0n) is 15.6. The number of aryl methyl sites for hydroxylation is 1. The summed E-state index contributed by atoms with van der Waals surface area (Å²) in [5, 5.41) is 6.86. The van der Waals surface area contributed by atoms with Gasteiger partial charge in [-0.2, -0.15) is 0 Å². The lowest BCUT2D eigenvalue weighted by Gasteiger charge is -2.14. The molecule has 1 aromatic heterocycles. The molecule has 0 aliphatic heterocycles. The van der Waals surface area contributed by atoms with E-state index in [4.69, 9.17) is 14.0 Å². The van der Waals surface area contributed by atoms with E-state index in [0.29, 0.717) is 17.1 Å². The van der Waals surface area contributed by atoms with Crippen LogP contribution in [0.25, 0.3) is 0 Å². The van der Waals surface area contributed by atoms with Crippen LogP contribution in [0, 0.1) is 6.92 Å². The van der Waals surface area contributed by atoms with Crippen LogP contribution >= 0.6 is 0 Å². The van der Waals surface area contributed by atoms with Crippen molar-refractivity contribution in [2.45, 2.75) is 26.5 Å². The third kappa shape index (κ3) is 4.47. The predicted octanol–water partition coefficient (Wildman–Crippen LogP) is 4.06. The smallest absolute Gasteiger partial charge is 0.274 e. The second kappa shape index (κ2) is 8.40. The van der Waals surface area contributed by atoms with Crippen LogP contribution in [-0.2, 0) is 6.61 Å². The van der Waals surface area contributed by atoms with E-state index in [1.165, 1.54) is 0 Å². The fourth-order valence-electron chi connectivity index (χ4n) is 2.66. The van der Waals surface area contributed by atoms with E-state index in [-0.39, 0.29) is 24.2 Å². The summed E-state index contributed by atoms with van der Waals surface area (Å²) in [6.45, 7) is 3.87. The van der Waals surface area contributed by atoms with Gasteiger partial charge in [0.15, 0.2) is 5.69 Å². The number of nitrogens with zero attached hydrogens (tertiary/aromatic N) is 1. The molecule has 1 unspecified atom stereocenters. The average Bonchev–Trinajstić information content (AvgIpc) is 3.08. The summed E-state index contributed by atoms with van der Waals surface area (Å²) in [4.78, 5) is 12.7. The molecule has 6 nitrogen and oxygen atoms in total. The van der Waals surface area contributed by atoms with Gasteiger partial charge in [-0.25, -0.2) is 0 Å². The third-order valence-corrected chi connectivity index (χ3v) is 4.29. The highest BCUT2D eigenvalue weighted by Gasteiger charge is 2.22. The molecule has 1 heterocycles. The lowest BCUT2D eigenvalue weighted by atomic mass is 10.1. The predicted molar refractivity (Wildman–Crippen MR) is 101 cm³/mol. The van der Waals surface area contributed by atoms with E-state index in [2.05, 4.69) is 10.5 Å². The minimum absolute atomic E-state index is 0.147. The monoisotopic (exact) mass is 366 g/mol. The maximum Gasteiger partial charge on any atom is 0.274 e. The van der Waals surface area contributed by atoms with Gasteiger partial charge in [0.05, 0.1) is 18.7 Å². The van der Waals surface area contributed by atoms with Crippen molar-refractivity contribution >= 4 is 5.91 Å². The highest BCUT2D eigenvalue weighted by molar-refractivity contribution is 5.94. The first-order valence-corrected chi connectivity index (χ1v) is 8.66. The zero-order valence-corrected chi connectivity index (χ0v) is 15.6. The SMILES string of the molecule is COc1ccc(OCc2c(C(=O)NC(C)c3ccccc3)noc2C)cc1. The summed E-state index contributed by atoms with van der Waals surface area (Å²) in [5.74, 6) is 1.68. The van der Waals surface area contributed by atoms with Gasteiger partial charge in [-0.1, -0.05) is 35.5 Å². The van der Waals surface area contributed by atoms with Crippen molar-refractivity contribution in [1.29, 1.82) is 0 Å². The first-order chi connectivity index (χ1) is 13.1. The number of nitrogens with one attached hydrogen (secondary N) is 1. The van der Waals surface area contributed by atoms with Gasteiger partial charge >= 0.3 is 0 Å². The van der Waals surface area contributed by atoms with Crippen LogP contribution < -0.4 is 14.8 Å². The van der Waals surface area contributed by atoms with Crippen LogP contribution in [0.1, 0.15) is 40.3 Å². The van der Waals surface area contributed by atoms with Crippen LogP contribution in [0.3, 0.4) is 0 Å². The van der Waals surface area contributed by atoms with Crippen molar-refractivity contribution < 1.29 is 18.8 Å². The lowest BCUT2D eigenvalue weighted by Crippen LogP contribution is -2.28. The molecule has 0 radical (unpaired) electrons. The minimum Gasteiger partial charge on any atom is -0.497 e. The molecule has 0 bridgehead atoms. The minimum atomic E-state index is -0.295. The highest BCUT2D eigenvalue weighted by Crippen LogP contribution is 2.21. The number of amides is 1. The van der Waals surface area contributed by atoms with E-state index < -0.39 is 0 Å². The first-order valence-electron chi connectivity index (χ1n) is 8.66. The molecule has 1 N–H and O–H groups in total. The van der Waals surface area contributed by atoms with Gasteiger partial charge in [-0.15, -0.1) is 0 Å². The Kier molecular flexibility index (Phi) is 5.76. The molecule has 0 spiro atoms. The fraction of sp³-hybridized carbons (Fsp3) is 0.238. The summed E-state index contributed by atoms with van der Waals surface area (Å²) in [6.07, 6.45) is 0. The Morgan fingerprint density at radius 1 is 1.11 bits per heavy atom. The van der Waals surface area contributed by atoms with Crippen molar-refractivity contribution in [1.82, 2.24) is 10.5 Å². The number of methoxy groups -OCH3 is 1. The molecule has 0 saturated carbocycles. The van der Waals surface area contributed by atoms with E-state index in [1.807, 2.05) is 49.4 Å². The molecule has 0 aliphatic carbocycles. The topological polar surface area (TPSA) is 73.6 Å². The normalized spacial score (nSPS) is 11.7. The van der Waals surface area contributed by atoms with Crippen molar-refractivity contribution in [3.05, 3.63) is 77.2 Å². The molecule has 1 amide bonds. The van der Waals surface area contributed by atoms with E-state index >= 15 is 0 Å². The van der Waals surface area contributed by atoms with E-state index in [9.17, 15) is 4.79 Å². The molecule has 0 saturated heterocycles. The van der Waals surface area contributed by atoms with Gasteiger partial charge < -0.3 is 19.3 Å². The van der Waals surface area contributed by atoms with Crippen LogP contribution in [0.2, 0.25) is 0 Å². The van der Waals surface area contributed by atoms with E-state index in [1.54, 1.807) is 26.2 Å². The number of carbonyl (C=O) groups excluding carboxylic acids is 1. The van der Waals surface area contributed by atoms with Gasteiger partial charge in [0, 0.05) is 0 Å². The number of aromatic nitrogens is 1. The van der Waals surface area contributed by atoms with Crippen molar-refractivity contribution in [2.75, 3.05) is 7.11 Å². The summed E-state index contributed by atoms with van der Waals surface area (Å²) < 4.78 is 16.1. The van der Waals surface area contributed by atoms with Gasteiger partial charge in [0.2, 0.25) is 0 Å². The van der Waals surface area contributed by atoms with Crippen LogP contribution in [0.15, 0.2) is 59.1 Å². The number of rotatable bonds is 7. The fourth-order valence-corrected chi connectivity index (χ4v) is 2.66. The Balaban J connectivity index is 1.68. The van der Waals surface area contributed by atoms with Crippen molar-refractivity contribution in [2.24, 2.45) is 0 Å². The Morgan fingerprint density at radius 2 is 1.78 bits per heavy atom. The molecule has 0 aliphatic rings. The summed E-state index contributed by atoms with van der Waals surface area (Å²) in [7, 11) is 1.61. The Bertz CT molecular complexity index is 888. The lowest BCUT2D eigenvalue weighted by molar-refractivity contribution is 0.0928. The summed E-state index contributed by atoms with van der Waals surface area (Å²) in [5.41, 5.74) is 1.88. The van der Waals surface area contributed by atoms with Crippen LogP contribution in [-0.4, -0.2) is 18.2 Å². The second-order valence-corrected chi connectivity index (χ2v) is 6.14. The van der Waals surface area contributed by atoms with Crippen molar-refractivity contribution in [3.8, 4) is 11.5 Å². The molecule has 27 heavy (non-hydrogen) atoms. The third-order valence-electron chi connectivity index (χ3n) is 4.29. The molecule has 0 fully saturated rings. The standard InChI is InChI=1S/C21H22N2O4/c1-14(16-7-5-4-6-8-16)22-21(24)20-19(15(2)27-23-20)13-26-18-11-9-17(25-3)10-12-18/h4-12,14H,13H2,1-3H3,(H,22,24). The van der Waals surface area contributed by atoms with Gasteiger partial charge in [-0.05, 0) is 43.7 Å².